The molecule has 2 atom stereocenters. The molecule has 0 aliphatic carbocycles. The van der Waals surface area contributed by atoms with E-state index in [1.54, 1.807) is 0 Å². The van der Waals surface area contributed by atoms with Gasteiger partial charge in [-0.3, -0.25) is 4.90 Å². The first-order valence-electron chi connectivity index (χ1n) is 7.61. The average molecular weight is 308 g/mol. The number of nitrogens with two attached hydrogens (primary N) is 1. The molecule has 1 aromatic carbocycles. The lowest BCUT2D eigenvalue weighted by atomic mass is 9.95. The van der Waals surface area contributed by atoms with Gasteiger partial charge in [-0.2, -0.15) is 5.26 Å². The van der Waals surface area contributed by atoms with Crippen molar-refractivity contribution in [2.45, 2.75) is 45.7 Å². The summed E-state index contributed by atoms with van der Waals surface area (Å²) in [7, 11) is 0. The molecule has 0 aliphatic heterocycles. The third-order valence-corrected chi connectivity index (χ3v) is 3.84. The minimum absolute atomic E-state index is 0.0450. The molecule has 0 saturated carbocycles. The predicted molar refractivity (Wildman–Crippen MR) is 89.1 cm³/mol. The van der Waals surface area contributed by atoms with E-state index in [1.807, 2.05) is 24.3 Å². The predicted octanol–water partition coefficient (Wildman–Crippen LogP) is 3.99. The fourth-order valence-corrected chi connectivity index (χ4v) is 2.74. The Morgan fingerprint density at radius 1 is 1.29 bits per heavy atom. The zero-order chi connectivity index (χ0) is 15.8. The van der Waals surface area contributed by atoms with Crippen LogP contribution in [0.2, 0.25) is 5.02 Å². The monoisotopic (exact) mass is 307 g/mol. The molecule has 2 N–H and O–H groups in total. The number of hydrogen-bond acceptors (Lipinski definition) is 3. The maximum Gasteiger partial charge on any atom is 0.0635 e. The van der Waals surface area contributed by atoms with Gasteiger partial charge in [0.05, 0.1) is 6.07 Å². The highest BCUT2D eigenvalue weighted by molar-refractivity contribution is 6.30. The Morgan fingerprint density at radius 3 is 2.38 bits per heavy atom. The van der Waals surface area contributed by atoms with Crippen LogP contribution >= 0.6 is 11.6 Å². The third-order valence-electron chi connectivity index (χ3n) is 3.59. The van der Waals surface area contributed by atoms with Crippen LogP contribution in [-0.2, 0) is 0 Å². The van der Waals surface area contributed by atoms with Gasteiger partial charge in [0.2, 0.25) is 0 Å². The van der Waals surface area contributed by atoms with Crippen LogP contribution in [0.5, 0.6) is 0 Å². The van der Waals surface area contributed by atoms with Crippen molar-refractivity contribution in [3.05, 3.63) is 34.9 Å². The number of nitrogens with zero attached hydrogens (tertiary/aromatic N) is 2. The van der Waals surface area contributed by atoms with Crippen LogP contribution < -0.4 is 5.73 Å². The summed E-state index contributed by atoms with van der Waals surface area (Å²) in [4.78, 5) is 2.34. The summed E-state index contributed by atoms with van der Waals surface area (Å²) in [6.07, 6.45) is 1.42. The molecule has 116 valence electrons. The minimum atomic E-state index is 0.0450. The van der Waals surface area contributed by atoms with Gasteiger partial charge in [-0.05, 0) is 30.0 Å². The summed E-state index contributed by atoms with van der Waals surface area (Å²) in [6.45, 7) is 8.16. The van der Waals surface area contributed by atoms with Gasteiger partial charge in [-0.15, -0.1) is 0 Å². The lowest BCUT2D eigenvalue weighted by Gasteiger charge is -2.36. The molecular formula is C17H26ClN3. The molecule has 0 heterocycles. The van der Waals surface area contributed by atoms with Crippen molar-refractivity contribution in [3.8, 4) is 6.07 Å². The second kappa shape index (κ2) is 9.04. The summed E-state index contributed by atoms with van der Waals surface area (Å²) < 4.78 is 0. The molecule has 3 nitrogen and oxygen atoms in total. The van der Waals surface area contributed by atoms with E-state index >= 15 is 0 Å². The van der Waals surface area contributed by atoms with Gasteiger partial charge in [0.25, 0.3) is 0 Å². The fraction of sp³-hybridized carbons (Fsp3) is 0.588. The SMILES string of the molecule is CCC(N)C(c1ccc(Cl)cc1)N(CCC#N)CC(C)C. The second-order valence-corrected chi connectivity index (χ2v) is 6.30. The van der Waals surface area contributed by atoms with Gasteiger partial charge < -0.3 is 5.73 Å². The van der Waals surface area contributed by atoms with E-state index in [2.05, 4.69) is 31.7 Å². The molecule has 0 aliphatic rings. The molecule has 21 heavy (non-hydrogen) atoms. The Bertz CT molecular complexity index is 450. The highest BCUT2D eigenvalue weighted by atomic mass is 35.5. The van der Waals surface area contributed by atoms with E-state index in [1.165, 1.54) is 5.56 Å². The van der Waals surface area contributed by atoms with Crippen LogP contribution in [0.3, 0.4) is 0 Å². The fourth-order valence-electron chi connectivity index (χ4n) is 2.62. The summed E-state index contributed by atoms with van der Waals surface area (Å²) in [5.41, 5.74) is 7.55. The largest absolute Gasteiger partial charge is 0.326 e. The zero-order valence-corrected chi connectivity index (χ0v) is 14.0. The number of nitriles is 1. The Labute approximate surface area is 133 Å². The van der Waals surface area contributed by atoms with Crippen molar-refractivity contribution in [2.24, 2.45) is 11.7 Å². The Kier molecular flexibility index (Phi) is 7.74. The van der Waals surface area contributed by atoms with Crippen molar-refractivity contribution in [2.75, 3.05) is 13.1 Å². The first-order valence-corrected chi connectivity index (χ1v) is 7.99. The Morgan fingerprint density at radius 2 is 1.90 bits per heavy atom. The molecule has 0 radical (unpaired) electrons. The molecule has 0 aromatic heterocycles. The summed E-state index contributed by atoms with van der Waals surface area (Å²) in [6, 6.07) is 10.3. The highest BCUT2D eigenvalue weighted by Gasteiger charge is 2.26. The molecule has 0 spiro atoms. The van der Waals surface area contributed by atoms with Gasteiger partial charge in [0, 0.05) is 36.6 Å². The molecule has 1 rings (SSSR count). The Balaban J connectivity index is 3.06. The van der Waals surface area contributed by atoms with E-state index in [0.717, 1.165) is 24.5 Å². The van der Waals surface area contributed by atoms with Crippen LogP contribution in [0.4, 0.5) is 0 Å². The van der Waals surface area contributed by atoms with E-state index in [0.29, 0.717) is 12.3 Å². The molecular weight excluding hydrogens is 282 g/mol. The maximum absolute atomic E-state index is 8.91. The van der Waals surface area contributed by atoms with Crippen LogP contribution in [0.25, 0.3) is 0 Å². The lowest BCUT2D eigenvalue weighted by molar-refractivity contribution is 0.154. The van der Waals surface area contributed by atoms with Crippen molar-refractivity contribution in [1.82, 2.24) is 4.90 Å². The van der Waals surface area contributed by atoms with E-state index in [9.17, 15) is 0 Å². The number of benzene rings is 1. The van der Waals surface area contributed by atoms with Crippen LogP contribution in [0, 0.1) is 17.2 Å². The van der Waals surface area contributed by atoms with Gasteiger partial charge >= 0.3 is 0 Å². The van der Waals surface area contributed by atoms with Crippen molar-refractivity contribution < 1.29 is 0 Å². The van der Waals surface area contributed by atoms with Crippen molar-refractivity contribution in [1.29, 1.82) is 5.26 Å². The summed E-state index contributed by atoms with van der Waals surface area (Å²) >= 11 is 5.99. The normalized spacial score (nSPS) is 14.2. The molecule has 0 fully saturated rings. The van der Waals surface area contributed by atoms with E-state index in [-0.39, 0.29) is 12.1 Å². The van der Waals surface area contributed by atoms with Crippen LogP contribution in [0.1, 0.15) is 45.2 Å². The number of halogens is 1. The molecule has 4 heteroatoms. The van der Waals surface area contributed by atoms with Crippen LogP contribution in [0.15, 0.2) is 24.3 Å². The first kappa shape index (κ1) is 18.0. The first-order chi connectivity index (χ1) is 9.99. The highest BCUT2D eigenvalue weighted by Crippen LogP contribution is 2.27. The quantitative estimate of drug-likeness (QED) is 0.790. The van der Waals surface area contributed by atoms with E-state index in [4.69, 9.17) is 22.6 Å². The minimum Gasteiger partial charge on any atom is -0.326 e. The average Bonchev–Trinajstić information content (AvgIpc) is 2.46. The van der Waals surface area contributed by atoms with E-state index < -0.39 is 0 Å². The second-order valence-electron chi connectivity index (χ2n) is 5.87. The topological polar surface area (TPSA) is 53.0 Å². The smallest absolute Gasteiger partial charge is 0.0635 e. The third kappa shape index (κ3) is 5.67. The van der Waals surface area contributed by atoms with Gasteiger partial charge in [0.15, 0.2) is 0 Å². The lowest BCUT2D eigenvalue weighted by Crippen LogP contribution is -2.43. The summed E-state index contributed by atoms with van der Waals surface area (Å²) in [5, 5.41) is 9.64. The van der Waals surface area contributed by atoms with Gasteiger partial charge in [-0.1, -0.05) is 44.5 Å². The maximum atomic E-state index is 8.91. The number of hydrogen-bond donors (Lipinski definition) is 1. The molecule has 0 amide bonds. The van der Waals surface area contributed by atoms with Crippen molar-refractivity contribution >= 4 is 11.6 Å². The molecule has 0 saturated heterocycles. The molecule has 0 bridgehead atoms. The number of rotatable bonds is 8. The standard InChI is InChI=1S/C17H26ClN3/c1-4-16(20)17(14-6-8-15(18)9-7-14)21(11-5-10-19)12-13(2)3/h6-9,13,16-17H,4-5,11-12,20H2,1-3H3. The molecule has 2 unspecified atom stereocenters. The Hall–Kier alpha value is -1.08. The summed E-state index contributed by atoms with van der Waals surface area (Å²) in [5.74, 6) is 0.530. The van der Waals surface area contributed by atoms with Crippen LogP contribution in [-0.4, -0.2) is 24.0 Å². The zero-order valence-electron chi connectivity index (χ0n) is 13.2. The van der Waals surface area contributed by atoms with Gasteiger partial charge in [0.1, 0.15) is 0 Å². The van der Waals surface area contributed by atoms with Gasteiger partial charge in [-0.25, -0.2) is 0 Å². The molecule has 1 aromatic rings. The van der Waals surface area contributed by atoms with Crippen molar-refractivity contribution in [3.63, 3.8) is 0 Å².